The molecular weight excluding hydrogens is 484 g/mol. The van der Waals surface area contributed by atoms with Gasteiger partial charge >= 0.3 is 5.69 Å². The number of allylic oxidation sites excluding steroid dienone is 2. The maximum Gasteiger partial charge on any atom is 0.332 e. The van der Waals surface area contributed by atoms with Crippen LogP contribution < -0.4 is 26.8 Å². The smallest absolute Gasteiger partial charge is 0.332 e. The van der Waals surface area contributed by atoms with Gasteiger partial charge in [-0.1, -0.05) is 23.8 Å². The molecular formula is C27H34N8O3. The molecule has 0 saturated carbocycles. The zero-order valence-corrected chi connectivity index (χ0v) is 22.3. The molecule has 0 bridgehead atoms. The van der Waals surface area contributed by atoms with Crippen molar-refractivity contribution in [3.63, 3.8) is 0 Å². The molecule has 0 aliphatic carbocycles. The first kappa shape index (κ1) is 26.9. The number of carbonyl (C=O) groups excluding carboxylic acids is 1. The number of aryl methyl sites for hydroxylation is 1. The van der Waals surface area contributed by atoms with Crippen LogP contribution in [0.25, 0.3) is 11.2 Å². The Morgan fingerprint density at radius 2 is 2.00 bits per heavy atom. The fraction of sp³-hybridized carbons (Fsp3) is 0.444. The Hall–Kier alpha value is -4.17. The van der Waals surface area contributed by atoms with Gasteiger partial charge in [0.25, 0.3) is 5.56 Å². The summed E-state index contributed by atoms with van der Waals surface area (Å²) < 4.78 is 4.08. The lowest BCUT2D eigenvalue weighted by Gasteiger charge is -2.31. The van der Waals surface area contributed by atoms with Crippen LogP contribution in [0.3, 0.4) is 0 Å². The number of benzene rings is 1. The molecule has 2 N–H and O–H groups in total. The van der Waals surface area contributed by atoms with Crippen LogP contribution in [0, 0.1) is 11.5 Å². The molecule has 0 radical (unpaired) electrons. The molecule has 38 heavy (non-hydrogen) atoms. The highest BCUT2D eigenvalue weighted by Crippen LogP contribution is 2.24. The van der Waals surface area contributed by atoms with Gasteiger partial charge < -0.3 is 15.2 Å². The third-order valence-corrected chi connectivity index (χ3v) is 6.87. The summed E-state index contributed by atoms with van der Waals surface area (Å²) in [6, 6.07) is 6.70. The molecule has 1 fully saturated rings. The Kier molecular flexibility index (Phi) is 7.83. The highest BCUT2D eigenvalue weighted by Gasteiger charge is 2.27. The predicted octanol–water partition coefficient (Wildman–Crippen LogP) is 1.98. The van der Waals surface area contributed by atoms with E-state index < -0.39 is 23.6 Å². The number of anilines is 2. The van der Waals surface area contributed by atoms with Gasteiger partial charge in [0.2, 0.25) is 5.95 Å². The molecule has 3 heterocycles. The van der Waals surface area contributed by atoms with Crippen LogP contribution in [0.4, 0.5) is 11.6 Å². The molecule has 200 valence electrons. The molecule has 0 spiro atoms. The molecule has 11 heteroatoms. The summed E-state index contributed by atoms with van der Waals surface area (Å²) in [7, 11) is 1.55. The van der Waals surface area contributed by atoms with Crippen LogP contribution >= 0.6 is 0 Å². The lowest BCUT2D eigenvalue weighted by molar-refractivity contribution is 0.0969. The van der Waals surface area contributed by atoms with Crippen molar-refractivity contribution in [1.82, 2.24) is 18.7 Å². The number of hydrogen-bond acceptors (Lipinski definition) is 8. The Balaban J connectivity index is 1.87. The number of ketones is 1. The van der Waals surface area contributed by atoms with Gasteiger partial charge in [-0.2, -0.15) is 10.2 Å². The first-order valence-corrected chi connectivity index (χ1v) is 12.8. The molecule has 1 atom stereocenters. The van der Waals surface area contributed by atoms with Crippen LogP contribution in [-0.2, 0) is 20.1 Å². The highest BCUT2D eigenvalue weighted by molar-refractivity contribution is 6.01. The second-order valence-corrected chi connectivity index (χ2v) is 9.84. The van der Waals surface area contributed by atoms with Gasteiger partial charge in [-0.3, -0.25) is 23.6 Å². The van der Waals surface area contributed by atoms with Gasteiger partial charge in [0, 0.05) is 44.8 Å². The quantitative estimate of drug-likeness (QED) is 0.207. The maximum atomic E-state index is 13.8. The van der Waals surface area contributed by atoms with Crippen LogP contribution in [0.15, 0.2) is 45.5 Å². The van der Waals surface area contributed by atoms with Crippen molar-refractivity contribution >= 4 is 28.6 Å². The average Bonchev–Trinajstić information content (AvgIpc) is 3.29. The van der Waals surface area contributed by atoms with E-state index >= 15 is 0 Å². The number of nitrogens with two attached hydrogens (primary N) is 1. The number of para-hydroxylation sites is 1. The van der Waals surface area contributed by atoms with E-state index in [2.05, 4.69) is 11.1 Å². The predicted molar refractivity (Wildman–Crippen MR) is 147 cm³/mol. The van der Waals surface area contributed by atoms with Crippen molar-refractivity contribution in [1.29, 1.82) is 5.26 Å². The maximum absolute atomic E-state index is 13.8. The fourth-order valence-electron chi connectivity index (χ4n) is 4.85. The molecule has 1 aliphatic heterocycles. The van der Waals surface area contributed by atoms with E-state index in [4.69, 9.17) is 10.7 Å². The first-order chi connectivity index (χ1) is 18.2. The van der Waals surface area contributed by atoms with Gasteiger partial charge in [0.15, 0.2) is 23.1 Å². The number of carbonyl (C=O) groups is 1. The van der Waals surface area contributed by atoms with Gasteiger partial charge in [-0.05, 0) is 45.7 Å². The molecule has 4 rings (SSSR count). The van der Waals surface area contributed by atoms with Crippen molar-refractivity contribution < 1.29 is 4.79 Å². The zero-order chi connectivity index (χ0) is 27.6. The molecule has 3 aromatic rings. The molecule has 1 saturated heterocycles. The molecule has 2 aromatic heterocycles. The second kappa shape index (κ2) is 11.1. The van der Waals surface area contributed by atoms with E-state index in [1.54, 1.807) is 38.2 Å². The summed E-state index contributed by atoms with van der Waals surface area (Å²) in [6.07, 6.45) is 5.88. The Bertz CT molecular complexity index is 1550. The normalized spacial score (nSPS) is 15.4. The third-order valence-electron chi connectivity index (χ3n) is 6.87. The number of Topliss-reactive ketones (excluding diaryl/α,β-unsaturated/α-hetero) is 1. The van der Waals surface area contributed by atoms with Crippen molar-refractivity contribution in [3.8, 4) is 6.19 Å². The topological polar surface area (TPSA) is 135 Å². The van der Waals surface area contributed by atoms with E-state index in [1.165, 1.54) is 9.47 Å². The van der Waals surface area contributed by atoms with E-state index in [-0.39, 0.29) is 22.8 Å². The Morgan fingerprint density at radius 1 is 1.26 bits per heavy atom. The summed E-state index contributed by atoms with van der Waals surface area (Å²) in [6.45, 7) is 7.40. The van der Waals surface area contributed by atoms with Crippen LogP contribution in [0.5, 0.6) is 0 Å². The minimum absolute atomic E-state index is 0.00488. The fourth-order valence-corrected chi connectivity index (χ4v) is 4.85. The monoisotopic (exact) mass is 518 g/mol. The number of aromatic nitrogens is 4. The molecule has 1 unspecified atom stereocenters. The lowest BCUT2D eigenvalue weighted by atomic mass is 10.1. The summed E-state index contributed by atoms with van der Waals surface area (Å²) in [5.74, 6) is 0.146. The van der Waals surface area contributed by atoms with Crippen LogP contribution in [0.1, 0.15) is 44.0 Å². The highest BCUT2D eigenvalue weighted by atomic mass is 16.2. The van der Waals surface area contributed by atoms with Gasteiger partial charge in [-0.25, -0.2) is 4.79 Å². The number of nitriles is 1. The summed E-state index contributed by atoms with van der Waals surface area (Å²) in [5.41, 5.74) is 7.32. The molecule has 0 amide bonds. The SMILES string of the molecule is CCN(C#N)c1ccccc1C(=O)Cn1c(=O)c2c(nc(N3CCCC(N)C3)n2CC=C(C)C)n(C)c1=O. The lowest BCUT2D eigenvalue weighted by Crippen LogP contribution is -2.44. The van der Waals surface area contributed by atoms with Gasteiger partial charge in [0.05, 0.1) is 12.2 Å². The minimum atomic E-state index is -0.630. The van der Waals surface area contributed by atoms with Gasteiger partial charge in [-0.15, -0.1) is 0 Å². The van der Waals surface area contributed by atoms with E-state index in [0.29, 0.717) is 31.3 Å². The summed E-state index contributed by atoms with van der Waals surface area (Å²) in [5, 5.41) is 9.49. The van der Waals surface area contributed by atoms with E-state index in [1.807, 2.05) is 24.5 Å². The minimum Gasteiger partial charge on any atom is -0.341 e. The van der Waals surface area contributed by atoms with E-state index in [0.717, 1.165) is 29.5 Å². The number of hydrogen-bond donors (Lipinski definition) is 1. The van der Waals surface area contributed by atoms with Crippen molar-refractivity contribution in [2.24, 2.45) is 12.8 Å². The van der Waals surface area contributed by atoms with Gasteiger partial charge in [0.1, 0.15) is 0 Å². The number of imidazole rings is 1. The van der Waals surface area contributed by atoms with Crippen molar-refractivity contribution in [2.45, 2.75) is 52.7 Å². The van der Waals surface area contributed by atoms with Crippen LogP contribution in [0.2, 0.25) is 0 Å². The number of nitrogens with zero attached hydrogens (tertiary/aromatic N) is 7. The van der Waals surface area contributed by atoms with Crippen molar-refractivity contribution in [2.75, 3.05) is 29.4 Å². The number of rotatable bonds is 8. The zero-order valence-electron chi connectivity index (χ0n) is 22.3. The largest absolute Gasteiger partial charge is 0.341 e. The van der Waals surface area contributed by atoms with Crippen LogP contribution in [-0.4, -0.2) is 50.1 Å². The number of fused-ring (bicyclic) bond motifs is 1. The van der Waals surface area contributed by atoms with Crippen molar-refractivity contribution in [3.05, 3.63) is 62.3 Å². The Morgan fingerprint density at radius 3 is 2.66 bits per heavy atom. The average molecular weight is 519 g/mol. The Labute approximate surface area is 221 Å². The summed E-state index contributed by atoms with van der Waals surface area (Å²) in [4.78, 5) is 48.8. The molecule has 1 aliphatic rings. The third kappa shape index (κ3) is 4.99. The molecule has 11 nitrogen and oxygen atoms in total. The number of piperidine rings is 1. The first-order valence-electron chi connectivity index (χ1n) is 12.8. The standard InChI is InChI=1S/C27H34N8O3/c1-5-32(17-28)21-11-7-6-10-20(21)22(36)16-35-25(37)23-24(31(4)27(35)38)30-26(34(23)14-12-18(2)3)33-13-8-9-19(29)15-33/h6-7,10-12,19H,5,8-9,13-16,29H2,1-4H3. The summed E-state index contributed by atoms with van der Waals surface area (Å²) >= 11 is 0. The molecule has 1 aromatic carbocycles. The second-order valence-electron chi connectivity index (χ2n) is 9.84. The van der Waals surface area contributed by atoms with E-state index in [9.17, 15) is 19.6 Å².